The summed E-state index contributed by atoms with van der Waals surface area (Å²) in [6.07, 6.45) is -20.8. The highest BCUT2D eigenvalue weighted by Gasteiger charge is 2.51. The number of aliphatic hydroxyl groups excluding tert-OH is 5. The Bertz CT molecular complexity index is 1450. The third-order valence-corrected chi connectivity index (χ3v) is 8.33. The molecule has 274 valence electrons. The van der Waals surface area contributed by atoms with E-state index in [4.69, 9.17) is 37.9 Å². The van der Waals surface area contributed by atoms with Gasteiger partial charge in [0.15, 0.2) is 18.7 Å². The van der Waals surface area contributed by atoms with Gasteiger partial charge in [-0.2, -0.15) is 25.3 Å². The molecule has 0 bridgehead atoms. The van der Waals surface area contributed by atoms with Gasteiger partial charge in [0.25, 0.3) is 0 Å². The van der Waals surface area contributed by atoms with Crippen LogP contribution < -0.4 is 0 Å². The predicted octanol–water partition coefficient (Wildman–Crippen LogP) is -5.32. The van der Waals surface area contributed by atoms with Crippen LogP contribution in [0, 0.1) is 11.8 Å². The molecule has 8 unspecified atom stereocenters. The van der Waals surface area contributed by atoms with Crippen molar-refractivity contribution in [3.63, 3.8) is 0 Å². The fraction of sp³-hybridized carbons (Fsp3) is 0.850. The molecular weight excluding hydrogens is 720 g/mol. The third-order valence-electron chi connectivity index (χ3n) is 6.96. The summed E-state index contributed by atoms with van der Waals surface area (Å²) in [5.41, 5.74) is 0. The lowest BCUT2D eigenvalue weighted by Crippen LogP contribution is -2.61. The molecule has 47 heavy (non-hydrogen) atoms. The van der Waals surface area contributed by atoms with Crippen LogP contribution in [0.5, 0.6) is 0 Å². The molecule has 0 aromatic heterocycles. The topological polar surface area (TPSA) is 375 Å². The van der Waals surface area contributed by atoms with Crippen molar-refractivity contribution in [3.05, 3.63) is 11.8 Å². The zero-order chi connectivity index (χ0) is 35.6. The van der Waals surface area contributed by atoms with Gasteiger partial charge in [-0.15, -0.1) is 0 Å². The third kappa shape index (κ3) is 11.1. The highest BCUT2D eigenvalue weighted by Crippen LogP contribution is 2.35. The summed E-state index contributed by atoms with van der Waals surface area (Å²) in [7, 11) is -15.8. The maximum atomic E-state index is 11.5. The van der Waals surface area contributed by atoms with Crippen LogP contribution in [0.2, 0.25) is 0 Å². The van der Waals surface area contributed by atoms with Gasteiger partial charge in [-0.05, 0) is 13.0 Å². The van der Waals surface area contributed by atoms with Crippen molar-refractivity contribution in [1.82, 2.24) is 0 Å². The largest absolute Gasteiger partial charge is 0.475 e. The Morgan fingerprint density at radius 2 is 1.30 bits per heavy atom. The van der Waals surface area contributed by atoms with Gasteiger partial charge in [0.2, 0.25) is 12.0 Å². The second kappa shape index (κ2) is 15.4. The zero-order valence-corrected chi connectivity index (χ0v) is 26.0. The molecule has 27 heteroatoms. The molecule has 0 amide bonds. The molecule has 0 aromatic rings. The number of hydrogen-bond donors (Lipinski definition) is 9. The lowest BCUT2D eigenvalue weighted by molar-refractivity contribution is -0.309. The predicted molar refractivity (Wildman–Crippen MR) is 139 cm³/mol. The van der Waals surface area contributed by atoms with Crippen molar-refractivity contribution in [2.45, 2.75) is 74.6 Å². The first-order valence-corrected chi connectivity index (χ1v) is 17.1. The van der Waals surface area contributed by atoms with Gasteiger partial charge in [0, 0.05) is 11.8 Å². The van der Waals surface area contributed by atoms with E-state index in [2.05, 4.69) is 12.5 Å². The van der Waals surface area contributed by atoms with E-state index >= 15 is 0 Å². The smallest absolute Gasteiger partial charge is 0.397 e. The fourth-order valence-corrected chi connectivity index (χ4v) is 6.12. The fourth-order valence-electron chi connectivity index (χ4n) is 4.78. The summed E-state index contributed by atoms with van der Waals surface area (Å²) in [6, 6.07) is 0. The summed E-state index contributed by atoms with van der Waals surface area (Å²) in [4.78, 5) is 11.3. The first-order valence-electron chi connectivity index (χ1n) is 13.0. The summed E-state index contributed by atoms with van der Waals surface area (Å²) < 4.78 is 134. The van der Waals surface area contributed by atoms with Gasteiger partial charge < -0.3 is 54.3 Å². The maximum absolute atomic E-state index is 11.5. The van der Waals surface area contributed by atoms with Crippen molar-refractivity contribution in [2.75, 3.05) is 19.8 Å². The second-order valence-electron chi connectivity index (χ2n) is 10.2. The van der Waals surface area contributed by atoms with Crippen LogP contribution in [0.4, 0.5) is 0 Å². The van der Waals surface area contributed by atoms with Crippen molar-refractivity contribution in [1.29, 1.82) is 0 Å². The Balaban J connectivity index is 1.87. The Hall–Kier alpha value is -1.74. The molecule has 13 atom stereocenters. The number of rotatable bonds is 14. The van der Waals surface area contributed by atoms with Gasteiger partial charge in [-0.1, -0.05) is 0 Å². The molecule has 2 saturated heterocycles. The molecule has 3 aliphatic heterocycles. The average Bonchev–Trinajstić information content (AvgIpc) is 2.92. The highest BCUT2D eigenvalue weighted by atomic mass is 32.3. The quantitative estimate of drug-likeness (QED) is 0.0748. The standard InChI is InChI=1S/C20H32O24S3/c1-6-15(43-46(31,32)33)14(24)16(44-47(34,35)36)20(40-6)38-3-7-8(18(27)41-11(12(7)22)5-39-45(28,29)30)4-37-19-13(23)9(21)2-10(42-19)17(25)26/h2,6-9,11-16,18-24,27H,3-5H2,1H3,(H,25,26)(H,28,29,30)(H,31,32,33)(H,34,35,36)/t6?,7?,8?,9?,11?,12-,13?,14?,15+,16?,18+,19+,20+/m0/s1. The number of aliphatic carboxylic acids is 1. The molecule has 0 aliphatic carbocycles. The first-order chi connectivity index (χ1) is 21.5. The number of aliphatic hydroxyl groups is 5. The van der Waals surface area contributed by atoms with Gasteiger partial charge in [-0.3, -0.25) is 13.7 Å². The van der Waals surface area contributed by atoms with E-state index in [9.17, 15) is 60.1 Å². The molecular formula is C20H32O24S3. The molecule has 0 saturated carbocycles. The van der Waals surface area contributed by atoms with Crippen LogP contribution in [0.25, 0.3) is 0 Å². The average molecular weight is 753 g/mol. The van der Waals surface area contributed by atoms with Crippen molar-refractivity contribution in [3.8, 4) is 0 Å². The number of carboxylic acids is 1. The van der Waals surface area contributed by atoms with Gasteiger partial charge in [0.1, 0.15) is 30.5 Å². The normalized spacial score (nSPS) is 38.7. The minimum atomic E-state index is -5.44. The van der Waals surface area contributed by atoms with E-state index in [1.807, 2.05) is 0 Å². The minimum absolute atomic E-state index is 0.669. The van der Waals surface area contributed by atoms with Gasteiger partial charge in [0.05, 0.1) is 32.0 Å². The van der Waals surface area contributed by atoms with Gasteiger partial charge >= 0.3 is 37.2 Å². The zero-order valence-electron chi connectivity index (χ0n) is 23.6. The molecule has 24 nitrogen and oxygen atoms in total. The molecule has 2 fully saturated rings. The van der Waals surface area contributed by atoms with Crippen LogP contribution in [0.15, 0.2) is 11.8 Å². The summed E-state index contributed by atoms with van der Waals surface area (Å²) >= 11 is 0. The van der Waals surface area contributed by atoms with Crippen molar-refractivity contribution >= 4 is 37.2 Å². The van der Waals surface area contributed by atoms with Crippen LogP contribution in [0.3, 0.4) is 0 Å². The Kier molecular flexibility index (Phi) is 13.0. The van der Waals surface area contributed by atoms with Gasteiger partial charge in [-0.25, -0.2) is 17.3 Å². The van der Waals surface area contributed by atoms with Crippen molar-refractivity contribution < 1.29 is 111 Å². The number of carboxylic acid groups (broad SMARTS) is 1. The van der Waals surface area contributed by atoms with E-state index in [0.29, 0.717) is 6.08 Å². The number of carbonyl (C=O) groups is 1. The minimum Gasteiger partial charge on any atom is -0.475 e. The second-order valence-corrected chi connectivity index (χ2v) is 13.4. The monoisotopic (exact) mass is 752 g/mol. The lowest BCUT2D eigenvalue weighted by Gasteiger charge is -2.45. The SMILES string of the molecule is CC1O[C@@H](OCC2C(CO[C@@H]3OC(C(=O)O)=CC(O)C3O)[C@H](O)OC(COS(=O)(=O)O)[C@H]2O)C(OS(=O)(=O)O)C(O)[C@@H]1OS(=O)(=O)O. The maximum Gasteiger partial charge on any atom is 0.397 e. The number of ether oxygens (including phenoxy) is 5. The molecule has 0 spiro atoms. The summed E-state index contributed by atoms with van der Waals surface area (Å²) in [5, 5.41) is 61.6. The molecule has 3 heterocycles. The van der Waals surface area contributed by atoms with Crippen LogP contribution in [-0.2, 0) is 72.2 Å². The molecule has 9 N–H and O–H groups in total. The van der Waals surface area contributed by atoms with Crippen LogP contribution in [0.1, 0.15) is 6.92 Å². The van der Waals surface area contributed by atoms with Crippen LogP contribution >= 0.6 is 0 Å². The molecule has 3 aliphatic rings. The van der Waals surface area contributed by atoms with E-state index in [1.54, 1.807) is 0 Å². The molecule has 0 radical (unpaired) electrons. The Labute approximate surface area is 265 Å². The first kappa shape index (κ1) is 39.7. The summed E-state index contributed by atoms with van der Waals surface area (Å²) in [5.74, 6) is -5.49. The molecule has 3 rings (SSSR count). The Morgan fingerprint density at radius 3 is 1.85 bits per heavy atom. The highest BCUT2D eigenvalue weighted by molar-refractivity contribution is 7.81. The van der Waals surface area contributed by atoms with E-state index < -0.39 is 142 Å². The van der Waals surface area contributed by atoms with Crippen LogP contribution in [-0.4, -0.2) is 163 Å². The van der Waals surface area contributed by atoms with E-state index in [0.717, 1.165) is 6.92 Å². The lowest BCUT2D eigenvalue weighted by atomic mass is 9.83. The Morgan fingerprint density at radius 1 is 0.745 bits per heavy atom. The van der Waals surface area contributed by atoms with Crippen molar-refractivity contribution in [2.24, 2.45) is 11.8 Å². The molecule has 0 aromatic carbocycles. The summed E-state index contributed by atoms with van der Waals surface area (Å²) in [6.45, 7) is -1.72. The van der Waals surface area contributed by atoms with E-state index in [-0.39, 0.29) is 0 Å². The number of hydrogen-bond acceptors (Lipinski definition) is 20. The van der Waals surface area contributed by atoms with E-state index in [1.165, 1.54) is 0 Å².